The lowest BCUT2D eigenvalue weighted by Crippen LogP contribution is -2.16. The number of nitrogens with two attached hydrogens (primary N) is 1. The summed E-state index contributed by atoms with van der Waals surface area (Å²) in [5, 5.41) is 11.2. The zero-order valence-corrected chi connectivity index (χ0v) is 15.1. The van der Waals surface area contributed by atoms with Crippen molar-refractivity contribution in [3.63, 3.8) is 0 Å². The largest absolute Gasteiger partial charge is 0.461 e. The summed E-state index contributed by atoms with van der Waals surface area (Å²) in [6.45, 7) is 1.98. The van der Waals surface area contributed by atoms with Gasteiger partial charge >= 0.3 is 0 Å². The highest BCUT2D eigenvalue weighted by Gasteiger charge is 2.15. The second-order valence-corrected chi connectivity index (χ2v) is 6.77. The Labute approximate surface area is 150 Å². The van der Waals surface area contributed by atoms with Crippen molar-refractivity contribution in [1.82, 2.24) is 14.9 Å². The summed E-state index contributed by atoms with van der Waals surface area (Å²) in [5.41, 5.74) is 1.83. The lowest BCUT2D eigenvalue weighted by molar-refractivity contribution is -0.113. The average molecular weight is 408 g/mol. The molecule has 0 fully saturated rings. The van der Waals surface area contributed by atoms with Crippen molar-refractivity contribution in [2.45, 2.75) is 12.1 Å². The Morgan fingerprint density at radius 2 is 2.25 bits per heavy atom. The van der Waals surface area contributed by atoms with E-state index in [9.17, 15) is 4.79 Å². The number of aromatic nitrogens is 3. The number of nitrogen functional groups attached to an aromatic ring is 1. The van der Waals surface area contributed by atoms with Crippen LogP contribution in [0.1, 0.15) is 5.56 Å². The topological polar surface area (TPSA) is 99.0 Å². The number of carbonyl (C=O) groups is 1. The van der Waals surface area contributed by atoms with Gasteiger partial charge in [0.2, 0.25) is 16.9 Å². The third-order valence-corrected chi connectivity index (χ3v) is 4.74. The highest BCUT2D eigenvalue weighted by atomic mass is 79.9. The molecule has 2 heterocycles. The monoisotopic (exact) mass is 407 g/mol. The molecule has 0 bridgehead atoms. The highest BCUT2D eigenvalue weighted by Crippen LogP contribution is 2.25. The van der Waals surface area contributed by atoms with Crippen LogP contribution >= 0.6 is 27.7 Å². The van der Waals surface area contributed by atoms with Crippen molar-refractivity contribution in [3.05, 3.63) is 46.6 Å². The number of thioether (sulfide) groups is 1. The molecule has 24 heavy (non-hydrogen) atoms. The molecule has 0 saturated heterocycles. The number of halogens is 1. The molecule has 0 saturated carbocycles. The minimum Gasteiger partial charge on any atom is -0.461 e. The van der Waals surface area contributed by atoms with Gasteiger partial charge in [-0.15, -0.1) is 10.2 Å². The molecule has 0 spiro atoms. The van der Waals surface area contributed by atoms with Crippen LogP contribution in [0, 0.1) is 6.92 Å². The van der Waals surface area contributed by atoms with Crippen LogP contribution in [0.5, 0.6) is 0 Å². The van der Waals surface area contributed by atoms with Gasteiger partial charge in [0.05, 0.1) is 17.7 Å². The van der Waals surface area contributed by atoms with E-state index < -0.39 is 0 Å². The number of hydrogen-bond acceptors (Lipinski definition) is 6. The molecular formula is C15H14BrN5O2S. The number of anilines is 1. The molecule has 2 aromatic heterocycles. The van der Waals surface area contributed by atoms with Gasteiger partial charge in [-0.2, -0.15) is 0 Å². The predicted octanol–water partition coefficient (Wildman–Crippen LogP) is 3.05. The smallest absolute Gasteiger partial charge is 0.234 e. The van der Waals surface area contributed by atoms with E-state index >= 15 is 0 Å². The number of furan rings is 1. The van der Waals surface area contributed by atoms with Crippen LogP contribution in [0.3, 0.4) is 0 Å². The number of rotatable bonds is 5. The molecule has 0 aliphatic carbocycles. The average Bonchev–Trinajstić information content (AvgIpc) is 3.18. The zero-order valence-electron chi connectivity index (χ0n) is 12.7. The van der Waals surface area contributed by atoms with Crippen LogP contribution in [0.15, 0.2) is 50.6 Å². The normalized spacial score (nSPS) is 10.8. The fraction of sp³-hybridized carbons (Fsp3) is 0.133. The first-order chi connectivity index (χ1) is 11.5. The Kier molecular flexibility index (Phi) is 4.91. The predicted molar refractivity (Wildman–Crippen MR) is 96.1 cm³/mol. The lowest BCUT2D eigenvalue weighted by Gasteiger charge is -2.08. The lowest BCUT2D eigenvalue weighted by atomic mass is 10.2. The summed E-state index contributed by atoms with van der Waals surface area (Å²) in [6, 6.07) is 9.20. The Balaban J connectivity index is 1.62. The summed E-state index contributed by atoms with van der Waals surface area (Å²) >= 11 is 4.63. The van der Waals surface area contributed by atoms with Crippen molar-refractivity contribution in [2.24, 2.45) is 0 Å². The maximum absolute atomic E-state index is 12.1. The van der Waals surface area contributed by atoms with Crippen LogP contribution < -0.4 is 11.2 Å². The summed E-state index contributed by atoms with van der Waals surface area (Å²) in [6.07, 6.45) is 1.53. The molecular weight excluding hydrogens is 394 g/mol. The van der Waals surface area contributed by atoms with Crippen LogP contribution in [0.2, 0.25) is 0 Å². The van der Waals surface area contributed by atoms with Gasteiger partial charge in [0.25, 0.3) is 0 Å². The van der Waals surface area contributed by atoms with Crippen LogP contribution in [0.4, 0.5) is 5.69 Å². The number of nitrogens with zero attached hydrogens (tertiary/aromatic N) is 3. The van der Waals surface area contributed by atoms with E-state index in [0.717, 1.165) is 15.7 Å². The number of amides is 1. The van der Waals surface area contributed by atoms with Crippen molar-refractivity contribution >= 4 is 39.3 Å². The molecule has 3 aromatic rings. The molecule has 124 valence electrons. The summed E-state index contributed by atoms with van der Waals surface area (Å²) < 4.78 is 7.38. The minimum atomic E-state index is -0.160. The maximum Gasteiger partial charge on any atom is 0.234 e. The fourth-order valence-electron chi connectivity index (χ4n) is 1.99. The van der Waals surface area contributed by atoms with Gasteiger partial charge in [-0.3, -0.25) is 4.79 Å². The molecule has 0 aliphatic heterocycles. The van der Waals surface area contributed by atoms with Crippen LogP contribution in [0.25, 0.3) is 11.6 Å². The van der Waals surface area contributed by atoms with Gasteiger partial charge in [-0.1, -0.05) is 17.8 Å². The summed E-state index contributed by atoms with van der Waals surface area (Å²) in [4.78, 5) is 12.1. The number of carbonyl (C=O) groups excluding carboxylic acids is 1. The van der Waals surface area contributed by atoms with Crippen molar-refractivity contribution < 1.29 is 9.21 Å². The quantitative estimate of drug-likeness (QED) is 0.497. The molecule has 0 radical (unpaired) electrons. The molecule has 7 nitrogen and oxygen atoms in total. The molecule has 0 unspecified atom stereocenters. The third-order valence-electron chi connectivity index (χ3n) is 3.14. The second kappa shape index (κ2) is 7.10. The number of nitrogens with one attached hydrogen (secondary N) is 1. The standard InChI is InChI=1S/C15H14BrN5O2S/c1-9-4-5-11(10(16)7-9)18-13(22)8-24-15-20-19-14(21(15)17)12-3-2-6-23-12/h2-7H,8,17H2,1H3,(H,18,22). The molecule has 1 aromatic carbocycles. The van der Waals surface area contributed by atoms with Gasteiger partial charge in [0.1, 0.15) is 0 Å². The first kappa shape index (κ1) is 16.6. The van der Waals surface area contributed by atoms with E-state index in [1.165, 1.54) is 22.7 Å². The van der Waals surface area contributed by atoms with Gasteiger partial charge < -0.3 is 15.6 Å². The van der Waals surface area contributed by atoms with Gasteiger partial charge in [0, 0.05) is 4.47 Å². The van der Waals surface area contributed by atoms with E-state index in [4.69, 9.17) is 10.3 Å². The van der Waals surface area contributed by atoms with E-state index in [1.807, 2.05) is 25.1 Å². The molecule has 9 heteroatoms. The van der Waals surface area contributed by atoms with Gasteiger partial charge in [-0.05, 0) is 52.7 Å². The van der Waals surface area contributed by atoms with Crippen LogP contribution in [-0.2, 0) is 4.79 Å². The Morgan fingerprint density at radius 1 is 1.42 bits per heavy atom. The second-order valence-electron chi connectivity index (χ2n) is 4.97. The SMILES string of the molecule is Cc1ccc(NC(=O)CSc2nnc(-c3ccco3)n2N)c(Br)c1. The van der Waals surface area contributed by atoms with E-state index in [2.05, 4.69) is 31.4 Å². The molecule has 0 aliphatic rings. The van der Waals surface area contributed by atoms with E-state index in [1.54, 1.807) is 12.1 Å². The molecule has 3 rings (SSSR count). The third kappa shape index (κ3) is 3.62. The van der Waals surface area contributed by atoms with Crippen molar-refractivity contribution in [2.75, 3.05) is 16.9 Å². The van der Waals surface area contributed by atoms with Crippen LogP contribution in [-0.4, -0.2) is 26.5 Å². The number of hydrogen-bond donors (Lipinski definition) is 2. The first-order valence-electron chi connectivity index (χ1n) is 6.98. The summed E-state index contributed by atoms with van der Waals surface area (Å²) in [7, 11) is 0. The number of benzene rings is 1. The maximum atomic E-state index is 12.1. The van der Waals surface area contributed by atoms with Crippen molar-refractivity contribution in [1.29, 1.82) is 0 Å². The van der Waals surface area contributed by atoms with Gasteiger partial charge in [0.15, 0.2) is 5.76 Å². The summed E-state index contributed by atoms with van der Waals surface area (Å²) in [5.74, 6) is 6.87. The Bertz CT molecular complexity index is 863. The van der Waals surface area contributed by atoms with Gasteiger partial charge in [-0.25, -0.2) is 4.68 Å². The molecule has 0 atom stereocenters. The zero-order chi connectivity index (χ0) is 17.1. The number of aryl methyl sites for hydroxylation is 1. The highest BCUT2D eigenvalue weighted by molar-refractivity contribution is 9.10. The molecule has 1 amide bonds. The Hall–Kier alpha value is -2.26. The van der Waals surface area contributed by atoms with E-state index in [-0.39, 0.29) is 11.7 Å². The molecule has 3 N–H and O–H groups in total. The minimum absolute atomic E-state index is 0.160. The first-order valence-corrected chi connectivity index (χ1v) is 8.75. The Morgan fingerprint density at radius 3 is 2.96 bits per heavy atom. The van der Waals surface area contributed by atoms with Crippen molar-refractivity contribution in [3.8, 4) is 11.6 Å². The van der Waals surface area contributed by atoms with E-state index in [0.29, 0.717) is 16.7 Å². The fourth-order valence-corrected chi connectivity index (χ4v) is 3.24.